The molecule has 0 aliphatic rings. The third-order valence-corrected chi connectivity index (χ3v) is 5.18. The fraction of sp³-hybridized carbons (Fsp3) is 0.105. The quantitative estimate of drug-likeness (QED) is 0.521. The molecule has 0 aliphatic carbocycles. The summed E-state index contributed by atoms with van der Waals surface area (Å²) in [6.07, 6.45) is 3.45. The van der Waals surface area contributed by atoms with E-state index in [4.69, 9.17) is 17.3 Å². The average molecular weight is 411 g/mol. The van der Waals surface area contributed by atoms with Crippen molar-refractivity contribution < 1.29 is 4.79 Å². The predicted octanol–water partition coefficient (Wildman–Crippen LogP) is 4.32. The van der Waals surface area contributed by atoms with Crippen LogP contribution in [0, 0.1) is 6.92 Å². The smallest absolute Gasteiger partial charge is 0.222 e. The van der Waals surface area contributed by atoms with Gasteiger partial charge in [0.25, 0.3) is 0 Å². The number of thiazole rings is 1. The van der Waals surface area contributed by atoms with Crippen molar-refractivity contribution in [1.82, 2.24) is 19.9 Å². The number of nitrogens with two attached hydrogens (primary N) is 1. The fourth-order valence-electron chi connectivity index (χ4n) is 2.81. The summed E-state index contributed by atoms with van der Waals surface area (Å²) in [4.78, 5) is 30.4. The molecule has 3 aromatic heterocycles. The molecule has 28 heavy (non-hydrogen) atoms. The van der Waals surface area contributed by atoms with Crippen molar-refractivity contribution >= 4 is 51.4 Å². The van der Waals surface area contributed by atoms with Gasteiger partial charge in [-0.25, -0.2) is 15.0 Å². The highest BCUT2D eigenvalue weighted by molar-refractivity contribution is 7.14. The van der Waals surface area contributed by atoms with Gasteiger partial charge >= 0.3 is 0 Å². The number of halogens is 1. The molecule has 0 fully saturated rings. The number of hydrogen-bond donors (Lipinski definition) is 2. The second-order valence-corrected chi connectivity index (χ2v) is 7.79. The number of pyridine rings is 1. The van der Waals surface area contributed by atoms with Crippen LogP contribution in [0.15, 0.2) is 36.7 Å². The van der Waals surface area contributed by atoms with Crippen LogP contribution in [0.4, 0.5) is 11.6 Å². The van der Waals surface area contributed by atoms with E-state index in [-0.39, 0.29) is 17.5 Å². The zero-order valence-corrected chi connectivity index (χ0v) is 16.6. The van der Waals surface area contributed by atoms with Crippen molar-refractivity contribution in [3.05, 3.63) is 46.6 Å². The summed E-state index contributed by atoms with van der Waals surface area (Å²) in [5, 5.41) is 4.66. The molecule has 7 nitrogen and oxygen atoms in total. The van der Waals surface area contributed by atoms with Crippen LogP contribution in [-0.4, -0.2) is 25.8 Å². The van der Waals surface area contributed by atoms with E-state index in [2.05, 4.69) is 25.3 Å². The number of fused-ring (bicyclic) bond motifs is 1. The predicted molar refractivity (Wildman–Crippen MR) is 112 cm³/mol. The minimum Gasteiger partial charge on any atom is -0.381 e. The summed E-state index contributed by atoms with van der Waals surface area (Å²) in [5.74, 6) is 0.0304. The van der Waals surface area contributed by atoms with Gasteiger partial charge in [-0.2, -0.15) is 0 Å². The fourth-order valence-corrected chi connectivity index (χ4v) is 3.84. The molecule has 0 spiro atoms. The third-order valence-electron chi connectivity index (χ3n) is 3.97. The van der Waals surface area contributed by atoms with Crippen LogP contribution in [0.1, 0.15) is 11.8 Å². The maximum Gasteiger partial charge on any atom is 0.222 e. The van der Waals surface area contributed by atoms with Crippen LogP contribution >= 0.6 is 22.9 Å². The topological polar surface area (TPSA) is 107 Å². The standard InChI is InChI=1S/C19H15ClN6OS/c1-9-8-23-19(28-9)16-15(26-18(17(21)25-16)24-10(2)27)12-6-11-4-3-5-22-14(11)13(20)7-12/h3-8H,1-2H3,(H2,21,25)(H,24,26,27). The number of benzene rings is 1. The first-order valence-electron chi connectivity index (χ1n) is 8.35. The molecule has 0 bridgehead atoms. The minimum absolute atomic E-state index is 0.121. The molecule has 4 rings (SSSR count). The van der Waals surface area contributed by atoms with Gasteiger partial charge in [0, 0.05) is 35.1 Å². The summed E-state index contributed by atoms with van der Waals surface area (Å²) in [5.41, 5.74) is 8.52. The zero-order chi connectivity index (χ0) is 19.8. The first kappa shape index (κ1) is 18.3. The number of amides is 1. The number of aromatic nitrogens is 4. The summed E-state index contributed by atoms with van der Waals surface area (Å²) in [6, 6.07) is 7.46. The number of carbonyl (C=O) groups excluding carboxylic acids is 1. The third kappa shape index (κ3) is 3.39. The van der Waals surface area contributed by atoms with Gasteiger partial charge in [0.2, 0.25) is 5.91 Å². The van der Waals surface area contributed by atoms with Gasteiger partial charge < -0.3 is 11.1 Å². The largest absolute Gasteiger partial charge is 0.381 e. The van der Waals surface area contributed by atoms with Crippen LogP contribution in [0.2, 0.25) is 5.02 Å². The van der Waals surface area contributed by atoms with Crippen molar-refractivity contribution in [2.45, 2.75) is 13.8 Å². The lowest BCUT2D eigenvalue weighted by atomic mass is 10.1. The summed E-state index contributed by atoms with van der Waals surface area (Å²) >= 11 is 7.94. The molecule has 1 aromatic carbocycles. The maximum absolute atomic E-state index is 11.5. The molecule has 4 aromatic rings. The molecule has 9 heteroatoms. The second-order valence-electron chi connectivity index (χ2n) is 6.15. The van der Waals surface area contributed by atoms with Crippen LogP contribution in [0.5, 0.6) is 0 Å². The van der Waals surface area contributed by atoms with Crippen molar-refractivity contribution in [2.75, 3.05) is 11.1 Å². The Morgan fingerprint density at radius 1 is 1.21 bits per heavy atom. The zero-order valence-electron chi connectivity index (χ0n) is 15.0. The van der Waals surface area contributed by atoms with Crippen molar-refractivity contribution in [1.29, 1.82) is 0 Å². The van der Waals surface area contributed by atoms with Crippen molar-refractivity contribution in [3.63, 3.8) is 0 Å². The van der Waals surface area contributed by atoms with Gasteiger partial charge in [0.05, 0.1) is 10.5 Å². The van der Waals surface area contributed by atoms with Crippen LogP contribution in [0.25, 0.3) is 32.9 Å². The molecular weight excluding hydrogens is 396 g/mol. The monoisotopic (exact) mass is 410 g/mol. The van der Waals surface area contributed by atoms with E-state index in [0.29, 0.717) is 26.9 Å². The highest BCUT2D eigenvalue weighted by Crippen LogP contribution is 2.37. The molecule has 0 unspecified atom stereocenters. The Labute approximate surface area is 169 Å². The van der Waals surface area contributed by atoms with E-state index in [1.165, 1.54) is 18.3 Å². The maximum atomic E-state index is 11.5. The lowest BCUT2D eigenvalue weighted by Crippen LogP contribution is -2.12. The van der Waals surface area contributed by atoms with Gasteiger partial charge in [-0.15, -0.1) is 11.3 Å². The van der Waals surface area contributed by atoms with Crippen LogP contribution in [-0.2, 0) is 4.79 Å². The molecule has 0 radical (unpaired) electrons. The van der Waals surface area contributed by atoms with Crippen molar-refractivity contribution in [2.24, 2.45) is 0 Å². The second kappa shape index (κ2) is 7.14. The molecule has 0 saturated carbocycles. The van der Waals surface area contributed by atoms with Crippen LogP contribution in [0.3, 0.4) is 0 Å². The van der Waals surface area contributed by atoms with E-state index < -0.39 is 0 Å². The molecule has 3 N–H and O–H groups in total. The highest BCUT2D eigenvalue weighted by Gasteiger charge is 2.19. The Balaban J connectivity index is 1.99. The molecule has 1 amide bonds. The van der Waals surface area contributed by atoms with Crippen molar-refractivity contribution in [3.8, 4) is 22.0 Å². The lowest BCUT2D eigenvalue weighted by Gasteiger charge is -2.12. The Morgan fingerprint density at radius 3 is 2.75 bits per heavy atom. The number of nitrogens with zero attached hydrogens (tertiary/aromatic N) is 4. The highest BCUT2D eigenvalue weighted by atomic mass is 35.5. The van der Waals surface area contributed by atoms with Gasteiger partial charge in [-0.1, -0.05) is 17.7 Å². The molecule has 0 saturated heterocycles. The first-order chi connectivity index (χ1) is 13.4. The number of hydrogen-bond acceptors (Lipinski definition) is 7. The Kier molecular flexibility index (Phi) is 4.66. The van der Waals surface area contributed by atoms with E-state index >= 15 is 0 Å². The van der Waals surface area contributed by atoms with Gasteiger partial charge in [-0.3, -0.25) is 9.78 Å². The molecular formula is C19H15ClN6OS. The van der Waals surface area contributed by atoms with Crippen LogP contribution < -0.4 is 11.1 Å². The van der Waals surface area contributed by atoms with E-state index in [9.17, 15) is 4.79 Å². The molecule has 140 valence electrons. The van der Waals surface area contributed by atoms with Gasteiger partial charge in [-0.05, 0) is 25.1 Å². The number of nitrogen functional groups attached to an aromatic ring is 1. The summed E-state index contributed by atoms with van der Waals surface area (Å²) in [6.45, 7) is 3.35. The summed E-state index contributed by atoms with van der Waals surface area (Å²) < 4.78 is 0. The summed E-state index contributed by atoms with van der Waals surface area (Å²) in [7, 11) is 0. The number of nitrogens with one attached hydrogen (secondary N) is 1. The molecule has 3 heterocycles. The number of carbonyl (C=O) groups is 1. The van der Waals surface area contributed by atoms with E-state index in [1.807, 2.05) is 25.1 Å². The number of aryl methyl sites for hydroxylation is 1. The Hall–Kier alpha value is -3.10. The van der Waals surface area contributed by atoms with Gasteiger partial charge in [0.15, 0.2) is 11.6 Å². The SMILES string of the molecule is CC(=O)Nc1nc(-c2cc(Cl)c3ncccc3c2)c(-c2ncc(C)s2)nc1N. The van der Waals surface area contributed by atoms with E-state index in [1.54, 1.807) is 18.5 Å². The van der Waals surface area contributed by atoms with E-state index in [0.717, 1.165) is 15.8 Å². The molecule has 0 atom stereocenters. The average Bonchev–Trinajstić information content (AvgIpc) is 3.09. The number of anilines is 2. The Bertz CT molecular complexity index is 1220. The normalized spacial score (nSPS) is 11.0. The minimum atomic E-state index is -0.287. The molecule has 0 aliphatic heterocycles. The number of rotatable bonds is 3. The first-order valence-corrected chi connectivity index (χ1v) is 9.54. The Morgan fingerprint density at radius 2 is 2.04 bits per heavy atom. The van der Waals surface area contributed by atoms with Gasteiger partial charge in [0.1, 0.15) is 16.4 Å². The lowest BCUT2D eigenvalue weighted by molar-refractivity contribution is -0.114.